The van der Waals surface area contributed by atoms with Crippen LogP contribution in [0.15, 0.2) is 24.3 Å². The van der Waals surface area contributed by atoms with E-state index in [0.717, 1.165) is 31.0 Å². The second-order valence-electron chi connectivity index (χ2n) is 5.65. The van der Waals surface area contributed by atoms with Crippen molar-refractivity contribution in [2.24, 2.45) is 7.05 Å². The monoisotopic (exact) mass is 269 g/mol. The van der Waals surface area contributed by atoms with Crippen LogP contribution in [0.3, 0.4) is 0 Å². The zero-order chi connectivity index (χ0) is 13.5. The lowest BCUT2D eigenvalue weighted by molar-refractivity contribution is 0.357. The first kappa shape index (κ1) is 12.0. The van der Waals surface area contributed by atoms with Gasteiger partial charge in [-0.1, -0.05) is 0 Å². The standard InChI is InChI=1S/C16H19N3O/c1-19-15(10-14(18-19)13-3-2-7-17-13)11-4-5-16-12(9-11)6-8-20-16/h4-5,9-10,13,17H,2-3,6-8H2,1H3. The van der Waals surface area contributed by atoms with Crippen LogP contribution < -0.4 is 10.1 Å². The Morgan fingerprint density at radius 2 is 2.30 bits per heavy atom. The number of ether oxygens (including phenoxy) is 1. The lowest BCUT2D eigenvalue weighted by atomic mass is 10.0. The van der Waals surface area contributed by atoms with Crippen molar-refractivity contribution >= 4 is 0 Å². The van der Waals surface area contributed by atoms with Crippen LogP contribution in [0.1, 0.15) is 30.1 Å². The van der Waals surface area contributed by atoms with Gasteiger partial charge in [-0.3, -0.25) is 4.68 Å². The summed E-state index contributed by atoms with van der Waals surface area (Å²) in [6.45, 7) is 1.91. The number of aryl methyl sites for hydroxylation is 1. The average Bonchev–Trinajstić information content (AvgIpc) is 3.17. The molecule has 0 radical (unpaired) electrons. The van der Waals surface area contributed by atoms with E-state index in [9.17, 15) is 0 Å². The fourth-order valence-electron chi connectivity index (χ4n) is 3.21. The molecule has 3 heterocycles. The molecule has 1 atom stereocenters. The maximum Gasteiger partial charge on any atom is 0.122 e. The van der Waals surface area contributed by atoms with Gasteiger partial charge in [0.05, 0.1) is 24.0 Å². The lowest BCUT2D eigenvalue weighted by Gasteiger charge is -2.04. The summed E-state index contributed by atoms with van der Waals surface area (Å²) in [7, 11) is 2.03. The number of benzene rings is 1. The summed E-state index contributed by atoms with van der Waals surface area (Å²) in [5, 5.41) is 8.20. The molecule has 1 N–H and O–H groups in total. The molecule has 0 amide bonds. The summed E-state index contributed by atoms with van der Waals surface area (Å²) in [5.41, 5.74) is 4.89. The van der Waals surface area contributed by atoms with E-state index >= 15 is 0 Å². The van der Waals surface area contributed by atoms with Crippen LogP contribution in [0.5, 0.6) is 5.75 Å². The van der Waals surface area contributed by atoms with Crippen LogP contribution in [0.4, 0.5) is 0 Å². The highest BCUT2D eigenvalue weighted by Crippen LogP contribution is 2.32. The van der Waals surface area contributed by atoms with E-state index in [4.69, 9.17) is 4.74 Å². The van der Waals surface area contributed by atoms with Gasteiger partial charge in [-0.25, -0.2) is 0 Å². The zero-order valence-electron chi connectivity index (χ0n) is 11.7. The van der Waals surface area contributed by atoms with Gasteiger partial charge in [0.1, 0.15) is 5.75 Å². The summed E-state index contributed by atoms with van der Waals surface area (Å²) in [6, 6.07) is 9.10. The number of nitrogens with zero attached hydrogens (tertiary/aromatic N) is 2. The van der Waals surface area contributed by atoms with Gasteiger partial charge in [0.15, 0.2) is 0 Å². The number of hydrogen-bond acceptors (Lipinski definition) is 3. The molecule has 1 aromatic carbocycles. The largest absolute Gasteiger partial charge is 0.493 e. The summed E-state index contributed by atoms with van der Waals surface area (Å²) < 4.78 is 7.57. The summed E-state index contributed by atoms with van der Waals surface area (Å²) >= 11 is 0. The maximum atomic E-state index is 5.57. The molecule has 2 aromatic rings. The van der Waals surface area contributed by atoms with E-state index < -0.39 is 0 Å². The number of aromatic nitrogens is 2. The molecule has 4 rings (SSSR count). The van der Waals surface area contributed by atoms with Crippen molar-refractivity contribution in [2.45, 2.75) is 25.3 Å². The minimum absolute atomic E-state index is 0.424. The van der Waals surface area contributed by atoms with Gasteiger partial charge in [-0.2, -0.15) is 5.10 Å². The van der Waals surface area contributed by atoms with Gasteiger partial charge in [0, 0.05) is 19.0 Å². The molecular formula is C16H19N3O. The van der Waals surface area contributed by atoms with Gasteiger partial charge >= 0.3 is 0 Å². The summed E-state index contributed by atoms with van der Waals surface area (Å²) in [5.74, 6) is 1.04. The quantitative estimate of drug-likeness (QED) is 0.910. The van der Waals surface area contributed by atoms with Crippen molar-refractivity contribution in [1.29, 1.82) is 0 Å². The van der Waals surface area contributed by atoms with E-state index in [1.165, 1.54) is 29.7 Å². The Kier molecular flexibility index (Phi) is 2.77. The second kappa shape index (κ2) is 4.63. The van der Waals surface area contributed by atoms with E-state index in [1.807, 2.05) is 11.7 Å². The predicted molar refractivity (Wildman–Crippen MR) is 77.8 cm³/mol. The third kappa shape index (κ3) is 1.91. The van der Waals surface area contributed by atoms with Crippen LogP contribution in [-0.2, 0) is 13.5 Å². The fourth-order valence-corrected chi connectivity index (χ4v) is 3.21. The Balaban J connectivity index is 1.71. The molecule has 1 aromatic heterocycles. The molecule has 1 fully saturated rings. The van der Waals surface area contributed by atoms with Gasteiger partial charge < -0.3 is 10.1 Å². The number of rotatable bonds is 2. The minimum atomic E-state index is 0.424. The highest BCUT2D eigenvalue weighted by atomic mass is 16.5. The lowest BCUT2D eigenvalue weighted by Crippen LogP contribution is -2.13. The van der Waals surface area contributed by atoms with Crippen LogP contribution in [0.25, 0.3) is 11.3 Å². The molecule has 0 spiro atoms. The van der Waals surface area contributed by atoms with Crippen LogP contribution in [0, 0.1) is 0 Å². The Labute approximate surface area is 118 Å². The summed E-state index contributed by atoms with van der Waals surface area (Å²) in [4.78, 5) is 0. The summed E-state index contributed by atoms with van der Waals surface area (Å²) in [6.07, 6.45) is 3.44. The smallest absolute Gasteiger partial charge is 0.122 e. The van der Waals surface area contributed by atoms with Crippen molar-refractivity contribution in [3.8, 4) is 17.0 Å². The normalized spacial score (nSPS) is 20.9. The van der Waals surface area contributed by atoms with Gasteiger partial charge in [-0.05, 0) is 49.2 Å². The Morgan fingerprint density at radius 1 is 1.35 bits per heavy atom. The Bertz CT molecular complexity index is 641. The van der Waals surface area contributed by atoms with E-state index in [0.29, 0.717) is 6.04 Å². The van der Waals surface area contributed by atoms with E-state index in [2.05, 4.69) is 34.7 Å². The second-order valence-corrected chi connectivity index (χ2v) is 5.65. The van der Waals surface area contributed by atoms with Gasteiger partial charge in [-0.15, -0.1) is 0 Å². The van der Waals surface area contributed by atoms with Gasteiger partial charge in [0.25, 0.3) is 0 Å². The average molecular weight is 269 g/mol. The molecule has 20 heavy (non-hydrogen) atoms. The molecule has 0 bridgehead atoms. The number of hydrogen-bond donors (Lipinski definition) is 1. The predicted octanol–water partition coefficient (Wildman–Crippen LogP) is 2.45. The third-order valence-electron chi connectivity index (χ3n) is 4.30. The fraction of sp³-hybridized carbons (Fsp3) is 0.438. The first-order chi connectivity index (χ1) is 9.81. The minimum Gasteiger partial charge on any atom is -0.493 e. The third-order valence-corrected chi connectivity index (χ3v) is 4.30. The molecule has 4 nitrogen and oxygen atoms in total. The first-order valence-electron chi connectivity index (χ1n) is 7.35. The van der Waals surface area contributed by atoms with Crippen molar-refractivity contribution in [1.82, 2.24) is 15.1 Å². The van der Waals surface area contributed by atoms with Crippen LogP contribution >= 0.6 is 0 Å². The van der Waals surface area contributed by atoms with Crippen molar-refractivity contribution in [2.75, 3.05) is 13.2 Å². The molecule has 1 unspecified atom stereocenters. The topological polar surface area (TPSA) is 39.1 Å². The van der Waals surface area contributed by atoms with Crippen molar-refractivity contribution < 1.29 is 4.74 Å². The van der Waals surface area contributed by atoms with Crippen molar-refractivity contribution in [3.63, 3.8) is 0 Å². The number of fused-ring (bicyclic) bond motifs is 1. The van der Waals surface area contributed by atoms with Crippen LogP contribution in [0.2, 0.25) is 0 Å². The maximum absolute atomic E-state index is 5.57. The van der Waals surface area contributed by atoms with Crippen LogP contribution in [-0.4, -0.2) is 22.9 Å². The van der Waals surface area contributed by atoms with E-state index in [-0.39, 0.29) is 0 Å². The van der Waals surface area contributed by atoms with E-state index in [1.54, 1.807) is 0 Å². The molecule has 2 aliphatic rings. The molecule has 104 valence electrons. The molecule has 0 aliphatic carbocycles. The molecule has 0 saturated carbocycles. The van der Waals surface area contributed by atoms with Gasteiger partial charge in [0.2, 0.25) is 0 Å². The van der Waals surface area contributed by atoms with Crippen molar-refractivity contribution in [3.05, 3.63) is 35.5 Å². The highest BCUT2D eigenvalue weighted by Gasteiger charge is 2.21. The Hall–Kier alpha value is -1.81. The Morgan fingerprint density at radius 3 is 3.15 bits per heavy atom. The first-order valence-corrected chi connectivity index (χ1v) is 7.35. The molecule has 4 heteroatoms. The number of nitrogens with one attached hydrogen (secondary N) is 1. The molecule has 1 saturated heterocycles. The highest BCUT2D eigenvalue weighted by molar-refractivity contribution is 5.63. The molecule has 2 aliphatic heterocycles. The SMILES string of the molecule is Cn1nc(C2CCCN2)cc1-c1ccc2c(c1)CCO2. The zero-order valence-corrected chi connectivity index (χ0v) is 11.7. The molecular weight excluding hydrogens is 250 g/mol.